The summed E-state index contributed by atoms with van der Waals surface area (Å²) in [6.45, 7) is 7.69. The van der Waals surface area contributed by atoms with E-state index in [1.165, 1.54) is 16.7 Å². The minimum absolute atomic E-state index is 0.120. The van der Waals surface area contributed by atoms with Gasteiger partial charge in [0.15, 0.2) is 0 Å². The van der Waals surface area contributed by atoms with Gasteiger partial charge in [0.2, 0.25) is 5.91 Å². The zero-order valence-electron chi connectivity index (χ0n) is 14.3. The molecule has 122 valence electrons. The highest BCUT2D eigenvalue weighted by molar-refractivity contribution is 6.00. The first kappa shape index (κ1) is 15.7. The summed E-state index contributed by atoms with van der Waals surface area (Å²) in [5.74, 6) is 0.169. The molecule has 2 heterocycles. The number of imidazole rings is 1. The van der Waals surface area contributed by atoms with Crippen molar-refractivity contribution >= 4 is 11.6 Å². The molecule has 1 saturated heterocycles. The number of amides is 1. The smallest absolute Gasteiger partial charge is 0.244 e. The molecule has 1 aromatic heterocycles. The van der Waals surface area contributed by atoms with Crippen molar-refractivity contribution in [2.75, 3.05) is 11.4 Å². The van der Waals surface area contributed by atoms with E-state index >= 15 is 0 Å². The molecule has 1 aliphatic heterocycles. The van der Waals surface area contributed by atoms with Gasteiger partial charge in [0.25, 0.3) is 0 Å². The lowest BCUT2D eigenvalue weighted by Gasteiger charge is -2.22. The third-order valence-electron chi connectivity index (χ3n) is 4.56. The van der Waals surface area contributed by atoms with Crippen LogP contribution < -0.4 is 10.2 Å². The van der Waals surface area contributed by atoms with Crippen LogP contribution in [0.5, 0.6) is 0 Å². The number of nitrogens with one attached hydrogen (secondary N) is 1. The molecule has 1 atom stereocenters. The number of aryl methyl sites for hydroxylation is 4. The summed E-state index contributed by atoms with van der Waals surface area (Å²) >= 11 is 0. The van der Waals surface area contributed by atoms with E-state index in [9.17, 15) is 4.79 Å². The number of carbonyl (C=O) groups is 1. The van der Waals surface area contributed by atoms with E-state index in [4.69, 9.17) is 0 Å². The standard InChI is InChI=1S/C18H24N4O/c1-12-7-13(2)17(14(3)8-12)22-6-5-16(18(22)23)20-10-15-9-19-11-21(15)4/h7-9,11,16,20H,5-6,10H2,1-4H3/t16-/m1/s1. The third kappa shape index (κ3) is 3.01. The van der Waals surface area contributed by atoms with Crippen molar-refractivity contribution in [1.29, 1.82) is 0 Å². The minimum Gasteiger partial charge on any atom is -0.337 e. The van der Waals surface area contributed by atoms with Crippen LogP contribution in [0.4, 0.5) is 5.69 Å². The van der Waals surface area contributed by atoms with Gasteiger partial charge in [-0.15, -0.1) is 0 Å². The van der Waals surface area contributed by atoms with Crippen LogP contribution in [0, 0.1) is 20.8 Å². The van der Waals surface area contributed by atoms with Crippen LogP contribution in [0.1, 0.15) is 28.8 Å². The van der Waals surface area contributed by atoms with Crippen molar-refractivity contribution in [1.82, 2.24) is 14.9 Å². The molecule has 5 heteroatoms. The van der Waals surface area contributed by atoms with Crippen molar-refractivity contribution in [3.8, 4) is 0 Å². The maximum absolute atomic E-state index is 12.8. The molecule has 0 aliphatic carbocycles. The first-order chi connectivity index (χ1) is 11.0. The van der Waals surface area contributed by atoms with E-state index in [1.54, 1.807) is 6.33 Å². The van der Waals surface area contributed by atoms with Gasteiger partial charge in [-0.05, 0) is 38.3 Å². The maximum atomic E-state index is 12.8. The summed E-state index contributed by atoms with van der Waals surface area (Å²) in [7, 11) is 1.96. The van der Waals surface area contributed by atoms with Crippen LogP contribution in [0.2, 0.25) is 0 Å². The average Bonchev–Trinajstić information content (AvgIpc) is 3.03. The summed E-state index contributed by atoms with van der Waals surface area (Å²) in [6.07, 6.45) is 4.45. The monoisotopic (exact) mass is 312 g/mol. The number of rotatable bonds is 4. The van der Waals surface area contributed by atoms with Crippen molar-refractivity contribution in [3.63, 3.8) is 0 Å². The fraction of sp³-hybridized carbons (Fsp3) is 0.444. The molecule has 23 heavy (non-hydrogen) atoms. The highest BCUT2D eigenvalue weighted by atomic mass is 16.2. The zero-order valence-corrected chi connectivity index (χ0v) is 14.3. The van der Waals surface area contributed by atoms with Gasteiger partial charge in [-0.25, -0.2) is 4.98 Å². The molecule has 0 radical (unpaired) electrons. The highest BCUT2D eigenvalue weighted by Crippen LogP contribution is 2.30. The molecule has 5 nitrogen and oxygen atoms in total. The number of benzene rings is 1. The zero-order chi connectivity index (χ0) is 16.6. The Morgan fingerprint density at radius 1 is 1.26 bits per heavy atom. The van der Waals surface area contributed by atoms with Crippen LogP contribution in [0.15, 0.2) is 24.7 Å². The second-order valence-corrected chi connectivity index (χ2v) is 6.46. The topological polar surface area (TPSA) is 50.2 Å². The molecule has 1 fully saturated rings. The minimum atomic E-state index is -0.120. The molecule has 0 unspecified atom stereocenters. The lowest BCUT2D eigenvalue weighted by atomic mass is 10.0. The quantitative estimate of drug-likeness (QED) is 0.942. The van der Waals surface area contributed by atoms with E-state index in [0.717, 1.165) is 24.3 Å². The molecular formula is C18H24N4O. The Balaban J connectivity index is 1.73. The molecule has 1 aliphatic rings. The fourth-order valence-electron chi connectivity index (χ4n) is 3.47. The van der Waals surface area contributed by atoms with E-state index in [2.05, 4.69) is 43.2 Å². The Hall–Kier alpha value is -2.14. The molecule has 0 saturated carbocycles. The second kappa shape index (κ2) is 6.16. The van der Waals surface area contributed by atoms with Crippen LogP contribution in [-0.4, -0.2) is 28.0 Å². The van der Waals surface area contributed by atoms with Gasteiger partial charge in [0, 0.05) is 32.0 Å². The predicted octanol–water partition coefficient (Wildman–Crippen LogP) is 2.24. The molecule has 1 aromatic carbocycles. The molecule has 2 aromatic rings. The van der Waals surface area contributed by atoms with Gasteiger partial charge in [-0.3, -0.25) is 4.79 Å². The Kier molecular flexibility index (Phi) is 4.22. The van der Waals surface area contributed by atoms with Gasteiger partial charge in [-0.1, -0.05) is 17.7 Å². The number of hydrogen-bond acceptors (Lipinski definition) is 3. The van der Waals surface area contributed by atoms with Crippen molar-refractivity contribution < 1.29 is 4.79 Å². The van der Waals surface area contributed by atoms with E-state index in [-0.39, 0.29) is 11.9 Å². The van der Waals surface area contributed by atoms with Gasteiger partial charge in [0.1, 0.15) is 0 Å². The Morgan fingerprint density at radius 2 is 1.96 bits per heavy atom. The summed E-state index contributed by atoms with van der Waals surface area (Å²) < 4.78 is 1.97. The van der Waals surface area contributed by atoms with E-state index in [1.807, 2.05) is 22.7 Å². The first-order valence-electron chi connectivity index (χ1n) is 8.05. The van der Waals surface area contributed by atoms with Gasteiger partial charge in [0.05, 0.1) is 18.1 Å². The number of nitrogens with zero attached hydrogens (tertiary/aromatic N) is 3. The Bertz CT molecular complexity index is 711. The SMILES string of the molecule is Cc1cc(C)c(N2CC[C@@H](NCc3cncn3C)C2=O)c(C)c1. The predicted molar refractivity (Wildman–Crippen MR) is 91.5 cm³/mol. The second-order valence-electron chi connectivity index (χ2n) is 6.46. The first-order valence-corrected chi connectivity index (χ1v) is 8.05. The molecule has 0 spiro atoms. The summed E-state index contributed by atoms with van der Waals surface area (Å²) in [4.78, 5) is 18.8. The van der Waals surface area contributed by atoms with E-state index in [0.29, 0.717) is 6.54 Å². The van der Waals surface area contributed by atoms with Crippen molar-refractivity contribution in [3.05, 3.63) is 47.0 Å². The van der Waals surface area contributed by atoms with Gasteiger partial charge in [-0.2, -0.15) is 0 Å². The Morgan fingerprint density at radius 3 is 2.57 bits per heavy atom. The number of carbonyl (C=O) groups excluding carboxylic acids is 1. The molecular weight excluding hydrogens is 288 g/mol. The highest BCUT2D eigenvalue weighted by Gasteiger charge is 2.33. The van der Waals surface area contributed by atoms with Crippen molar-refractivity contribution in [2.45, 2.75) is 39.8 Å². The van der Waals surface area contributed by atoms with E-state index < -0.39 is 0 Å². The summed E-state index contributed by atoms with van der Waals surface area (Å²) in [5, 5.41) is 3.37. The lowest BCUT2D eigenvalue weighted by molar-refractivity contribution is -0.118. The summed E-state index contributed by atoms with van der Waals surface area (Å²) in [6, 6.07) is 4.17. The Labute approximate surface area is 137 Å². The molecule has 0 bridgehead atoms. The van der Waals surface area contributed by atoms with Gasteiger partial charge >= 0.3 is 0 Å². The van der Waals surface area contributed by atoms with Crippen LogP contribution in [-0.2, 0) is 18.4 Å². The number of anilines is 1. The lowest BCUT2D eigenvalue weighted by Crippen LogP contribution is -2.38. The molecule has 3 rings (SSSR count). The average molecular weight is 312 g/mol. The van der Waals surface area contributed by atoms with Gasteiger partial charge < -0.3 is 14.8 Å². The molecule has 1 N–H and O–H groups in total. The third-order valence-corrected chi connectivity index (χ3v) is 4.56. The number of hydrogen-bond donors (Lipinski definition) is 1. The summed E-state index contributed by atoms with van der Waals surface area (Å²) in [5.41, 5.74) is 5.73. The maximum Gasteiger partial charge on any atom is 0.244 e. The molecule has 1 amide bonds. The van der Waals surface area contributed by atoms with Crippen LogP contribution >= 0.6 is 0 Å². The normalized spacial score (nSPS) is 18.0. The number of aromatic nitrogens is 2. The fourth-order valence-corrected chi connectivity index (χ4v) is 3.47. The van der Waals surface area contributed by atoms with Crippen LogP contribution in [0.3, 0.4) is 0 Å². The van der Waals surface area contributed by atoms with Crippen LogP contribution in [0.25, 0.3) is 0 Å². The largest absolute Gasteiger partial charge is 0.337 e. The van der Waals surface area contributed by atoms with Crippen molar-refractivity contribution in [2.24, 2.45) is 7.05 Å².